The molecule has 0 aromatic rings. The van der Waals surface area contributed by atoms with Gasteiger partial charge in [0.1, 0.15) is 12.0 Å². The SMILES string of the molecule is COCC(=O)N1C[C@@H]2[C@@](C(F)(F)F)(CCCS2(=O)=O)C1. The van der Waals surface area contributed by atoms with Crippen molar-refractivity contribution in [2.45, 2.75) is 24.3 Å². The van der Waals surface area contributed by atoms with Gasteiger partial charge in [0.2, 0.25) is 5.91 Å². The zero-order chi connectivity index (χ0) is 15.2. The molecule has 116 valence electrons. The number of halogens is 3. The Balaban J connectivity index is 2.38. The molecule has 0 aromatic carbocycles. The topological polar surface area (TPSA) is 63.7 Å². The van der Waals surface area contributed by atoms with Crippen LogP contribution in [0.3, 0.4) is 0 Å². The van der Waals surface area contributed by atoms with Crippen molar-refractivity contribution in [3.8, 4) is 0 Å². The van der Waals surface area contributed by atoms with E-state index >= 15 is 0 Å². The first kappa shape index (κ1) is 15.6. The number of nitrogens with zero attached hydrogens (tertiary/aromatic N) is 1. The zero-order valence-corrected chi connectivity index (χ0v) is 11.8. The molecule has 0 aliphatic carbocycles. The van der Waals surface area contributed by atoms with Gasteiger partial charge in [-0.2, -0.15) is 13.2 Å². The van der Waals surface area contributed by atoms with Crippen molar-refractivity contribution in [3.05, 3.63) is 0 Å². The van der Waals surface area contributed by atoms with Gasteiger partial charge in [0.25, 0.3) is 0 Å². The van der Waals surface area contributed by atoms with Crippen molar-refractivity contribution in [2.75, 3.05) is 32.6 Å². The largest absolute Gasteiger partial charge is 0.397 e. The van der Waals surface area contributed by atoms with E-state index in [0.717, 1.165) is 4.90 Å². The van der Waals surface area contributed by atoms with Crippen LogP contribution >= 0.6 is 0 Å². The number of rotatable bonds is 2. The van der Waals surface area contributed by atoms with Crippen LogP contribution in [0.1, 0.15) is 12.8 Å². The van der Waals surface area contributed by atoms with Crippen LogP contribution in [0.5, 0.6) is 0 Å². The number of likely N-dealkylation sites (tertiary alicyclic amines) is 1. The van der Waals surface area contributed by atoms with E-state index in [4.69, 9.17) is 0 Å². The maximum Gasteiger partial charge on any atom is 0.397 e. The van der Waals surface area contributed by atoms with Crippen LogP contribution in [0, 0.1) is 5.41 Å². The lowest BCUT2D eigenvalue weighted by molar-refractivity contribution is -0.221. The van der Waals surface area contributed by atoms with E-state index in [2.05, 4.69) is 4.74 Å². The van der Waals surface area contributed by atoms with Gasteiger partial charge in [0.15, 0.2) is 9.84 Å². The summed E-state index contributed by atoms with van der Waals surface area (Å²) in [6.07, 6.45) is -4.92. The van der Waals surface area contributed by atoms with Crippen LogP contribution in [-0.4, -0.2) is 63.2 Å². The Labute approximate surface area is 115 Å². The predicted octanol–water partition coefficient (Wildman–Crippen LogP) is 0.601. The van der Waals surface area contributed by atoms with E-state index in [1.54, 1.807) is 0 Å². The van der Waals surface area contributed by atoms with Gasteiger partial charge in [-0.3, -0.25) is 4.79 Å². The molecule has 2 aliphatic heterocycles. The Morgan fingerprint density at radius 2 is 2.10 bits per heavy atom. The van der Waals surface area contributed by atoms with Crippen LogP contribution in [0.2, 0.25) is 0 Å². The molecule has 2 heterocycles. The molecule has 1 amide bonds. The Morgan fingerprint density at radius 1 is 1.45 bits per heavy atom. The highest BCUT2D eigenvalue weighted by Gasteiger charge is 2.68. The Morgan fingerprint density at radius 3 is 2.60 bits per heavy atom. The lowest BCUT2D eigenvalue weighted by Crippen LogP contribution is -2.53. The lowest BCUT2D eigenvalue weighted by Gasteiger charge is -2.39. The number of alkyl halides is 3. The fourth-order valence-electron chi connectivity index (χ4n) is 3.13. The van der Waals surface area contributed by atoms with Crippen molar-refractivity contribution >= 4 is 15.7 Å². The minimum atomic E-state index is -4.65. The maximum absolute atomic E-state index is 13.4. The van der Waals surface area contributed by atoms with Gasteiger partial charge in [-0.1, -0.05) is 0 Å². The first-order valence-corrected chi connectivity index (χ1v) is 7.90. The summed E-state index contributed by atoms with van der Waals surface area (Å²) in [5.41, 5.74) is -2.33. The van der Waals surface area contributed by atoms with E-state index in [-0.39, 0.29) is 25.2 Å². The smallest absolute Gasteiger partial charge is 0.375 e. The van der Waals surface area contributed by atoms with Crippen molar-refractivity contribution in [1.82, 2.24) is 4.90 Å². The molecule has 0 radical (unpaired) electrons. The van der Waals surface area contributed by atoms with Gasteiger partial charge in [-0.15, -0.1) is 0 Å². The second-order valence-electron chi connectivity index (χ2n) is 5.32. The molecular formula is C11H16F3NO4S. The van der Waals surface area contributed by atoms with Crippen molar-refractivity contribution in [1.29, 1.82) is 0 Å². The van der Waals surface area contributed by atoms with Crippen molar-refractivity contribution in [2.24, 2.45) is 5.41 Å². The third-order valence-corrected chi connectivity index (χ3v) is 6.47. The molecule has 0 unspecified atom stereocenters. The summed E-state index contributed by atoms with van der Waals surface area (Å²) in [6.45, 7) is -1.34. The van der Waals surface area contributed by atoms with Gasteiger partial charge in [0.05, 0.1) is 11.0 Å². The van der Waals surface area contributed by atoms with Gasteiger partial charge in [0, 0.05) is 20.2 Å². The molecule has 20 heavy (non-hydrogen) atoms. The number of amides is 1. The fraction of sp³-hybridized carbons (Fsp3) is 0.909. The van der Waals surface area contributed by atoms with Crippen molar-refractivity contribution in [3.63, 3.8) is 0 Å². The standard InChI is InChI=1S/C11H16F3NO4S/c1-19-6-9(16)15-5-8-10(7-15,11(12,13)14)3-2-4-20(8,17)18/h8H,2-7H2,1H3/t8-,10-/m1/s1. The Kier molecular flexibility index (Phi) is 3.79. The van der Waals surface area contributed by atoms with E-state index in [9.17, 15) is 26.4 Å². The second-order valence-corrected chi connectivity index (χ2v) is 7.62. The summed E-state index contributed by atoms with van der Waals surface area (Å²) in [5, 5.41) is -1.55. The highest BCUT2D eigenvalue weighted by Crippen LogP contribution is 2.53. The van der Waals surface area contributed by atoms with Crippen LogP contribution in [0.15, 0.2) is 0 Å². The number of carbonyl (C=O) groups is 1. The number of ether oxygens (including phenoxy) is 1. The summed E-state index contributed by atoms with van der Waals surface area (Å²) in [5.74, 6) is -0.859. The highest BCUT2D eigenvalue weighted by molar-refractivity contribution is 7.92. The molecule has 2 fully saturated rings. The second kappa shape index (κ2) is 4.87. The highest BCUT2D eigenvalue weighted by atomic mass is 32.2. The van der Waals surface area contributed by atoms with Crippen molar-refractivity contribution < 1.29 is 31.1 Å². The Hall–Kier alpha value is -0.830. The molecule has 0 spiro atoms. The number of hydrogen-bond acceptors (Lipinski definition) is 4. The minimum Gasteiger partial charge on any atom is -0.375 e. The van der Waals surface area contributed by atoms with E-state index < -0.39 is 45.7 Å². The molecule has 2 rings (SSSR count). The third kappa shape index (κ3) is 2.30. The Bertz CT molecular complexity index is 504. The minimum absolute atomic E-state index is 0.0232. The monoisotopic (exact) mass is 315 g/mol. The summed E-state index contributed by atoms with van der Waals surface area (Å²) in [6, 6.07) is 0. The molecule has 9 heteroatoms. The molecule has 2 aliphatic rings. The first-order valence-electron chi connectivity index (χ1n) is 6.19. The number of fused-ring (bicyclic) bond motifs is 1. The van der Waals surface area contributed by atoms with E-state index in [1.165, 1.54) is 7.11 Å². The molecular weight excluding hydrogens is 299 g/mol. The van der Waals surface area contributed by atoms with Gasteiger partial charge < -0.3 is 9.64 Å². The van der Waals surface area contributed by atoms with Gasteiger partial charge in [-0.05, 0) is 12.8 Å². The molecule has 0 saturated carbocycles. The van der Waals surface area contributed by atoms with Crippen LogP contribution in [0.4, 0.5) is 13.2 Å². The summed E-state index contributed by atoms with van der Waals surface area (Å²) >= 11 is 0. The quantitative estimate of drug-likeness (QED) is 0.749. The summed E-state index contributed by atoms with van der Waals surface area (Å²) in [7, 11) is -2.58. The molecule has 0 aromatic heterocycles. The predicted molar refractivity (Wildman–Crippen MR) is 63.8 cm³/mol. The summed E-state index contributed by atoms with van der Waals surface area (Å²) in [4.78, 5) is 12.7. The fourth-order valence-corrected chi connectivity index (χ4v) is 5.38. The average Bonchev–Trinajstić information content (AvgIpc) is 2.71. The molecule has 2 atom stereocenters. The maximum atomic E-state index is 13.4. The summed E-state index contributed by atoms with van der Waals surface area (Å²) < 4.78 is 68.8. The van der Waals surface area contributed by atoms with Crippen LogP contribution < -0.4 is 0 Å². The number of hydrogen-bond donors (Lipinski definition) is 0. The van der Waals surface area contributed by atoms with Crippen LogP contribution in [0.25, 0.3) is 0 Å². The van der Waals surface area contributed by atoms with E-state index in [1.807, 2.05) is 0 Å². The normalized spacial score (nSPS) is 33.0. The first-order chi connectivity index (χ1) is 9.14. The van der Waals surface area contributed by atoms with Crippen LogP contribution in [-0.2, 0) is 19.4 Å². The number of carbonyl (C=O) groups excluding carboxylic acids is 1. The van der Waals surface area contributed by atoms with Gasteiger partial charge >= 0.3 is 6.18 Å². The number of sulfone groups is 1. The molecule has 2 saturated heterocycles. The average molecular weight is 315 g/mol. The molecule has 0 N–H and O–H groups in total. The third-order valence-electron chi connectivity index (χ3n) is 4.15. The lowest BCUT2D eigenvalue weighted by atomic mass is 9.81. The number of methoxy groups -OCH3 is 1. The van der Waals surface area contributed by atoms with Gasteiger partial charge in [-0.25, -0.2) is 8.42 Å². The molecule has 0 bridgehead atoms. The molecule has 5 nitrogen and oxygen atoms in total. The van der Waals surface area contributed by atoms with E-state index in [0.29, 0.717) is 0 Å². The zero-order valence-electron chi connectivity index (χ0n) is 10.9.